The molecule has 0 aliphatic heterocycles. The van der Waals surface area contributed by atoms with E-state index in [-0.39, 0.29) is 5.57 Å². The van der Waals surface area contributed by atoms with E-state index in [1.54, 1.807) is 25.3 Å². The van der Waals surface area contributed by atoms with Gasteiger partial charge in [-0.15, -0.1) is 0 Å². The number of rotatable bonds is 5. The molecule has 23 heavy (non-hydrogen) atoms. The van der Waals surface area contributed by atoms with Gasteiger partial charge in [0.1, 0.15) is 24.3 Å². The molecule has 0 saturated heterocycles. The predicted molar refractivity (Wildman–Crippen MR) is 87.7 cm³/mol. The highest BCUT2D eigenvalue weighted by molar-refractivity contribution is 5.64. The van der Waals surface area contributed by atoms with Crippen LogP contribution in [-0.2, 0) is 6.61 Å². The number of allylic oxidation sites excluding steroid dienone is 1. The summed E-state index contributed by atoms with van der Waals surface area (Å²) in [6.45, 7) is 2.44. The molecule has 0 N–H and O–H groups in total. The van der Waals surface area contributed by atoms with Crippen molar-refractivity contribution in [3.63, 3.8) is 0 Å². The molecule has 2 aromatic carbocycles. The van der Waals surface area contributed by atoms with Gasteiger partial charge < -0.3 is 9.47 Å². The quantitative estimate of drug-likeness (QED) is 0.783. The van der Waals surface area contributed by atoms with Gasteiger partial charge in [-0.25, -0.2) is 0 Å². The molecule has 0 spiro atoms. The first-order chi connectivity index (χ1) is 11.2. The van der Waals surface area contributed by atoms with Gasteiger partial charge in [-0.05, 0) is 36.3 Å². The molecule has 0 aliphatic rings. The molecule has 0 aliphatic carbocycles. The first kappa shape index (κ1) is 16.1. The highest BCUT2D eigenvalue weighted by Crippen LogP contribution is 2.29. The fraction of sp³-hybridized carbons (Fsp3) is 0.158. The van der Waals surface area contributed by atoms with E-state index >= 15 is 0 Å². The average Bonchev–Trinajstić information content (AvgIpc) is 2.58. The van der Waals surface area contributed by atoms with E-state index in [2.05, 4.69) is 6.07 Å². The number of methoxy groups -OCH3 is 1. The minimum Gasteiger partial charge on any atom is -0.493 e. The van der Waals surface area contributed by atoms with Crippen molar-refractivity contribution in [2.24, 2.45) is 0 Å². The number of benzene rings is 2. The lowest BCUT2D eigenvalue weighted by molar-refractivity contribution is 0.284. The second-order valence-corrected chi connectivity index (χ2v) is 4.97. The summed E-state index contributed by atoms with van der Waals surface area (Å²) >= 11 is 0. The second-order valence-electron chi connectivity index (χ2n) is 4.97. The van der Waals surface area contributed by atoms with Gasteiger partial charge in [-0.1, -0.05) is 35.9 Å². The number of hydrogen-bond acceptors (Lipinski definition) is 4. The highest BCUT2D eigenvalue weighted by atomic mass is 16.5. The van der Waals surface area contributed by atoms with Crippen LogP contribution in [0.15, 0.2) is 48.0 Å². The molecule has 0 amide bonds. The van der Waals surface area contributed by atoms with E-state index in [1.807, 2.05) is 37.3 Å². The Labute approximate surface area is 135 Å². The van der Waals surface area contributed by atoms with Crippen LogP contribution in [0.4, 0.5) is 0 Å². The van der Waals surface area contributed by atoms with Crippen LogP contribution in [0, 0.1) is 29.6 Å². The third-order valence-electron chi connectivity index (χ3n) is 3.22. The fourth-order valence-electron chi connectivity index (χ4n) is 2.12. The maximum Gasteiger partial charge on any atom is 0.162 e. The van der Waals surface area contributed by atoms with Gasteiger partial charge in [0.15, 0.2) is 11.5 Å². The summed E-state index contributed by atoms with van der Waals surface area (Å²) in [5.74, 6) is 1.17. The number of nitriles is 2. The fourth-order valence-corrected chi connectivity index (χ4v) is 2.12. The van der Waals surface area contributed by atoms with Crippen molar-refractivity contribution in [1.29, 1.82) is 10.5 Å². The summed E-state index contributed by atoms with van der Waals surface area (Å²) in [7, 11) is 1.57. The van der Waals surface area contributed by atoms with Crippen molar-refractivity contribution in [2.45, 2.75) is 13.5 Å². The maximum absolute atomic E-state index is 8.84. The van der Waals surface area contributed by atoms with E-state index in [4.69, 9.17) is 20.0 Å². The van der Waals surface area contributed by atoms with Crippen LogP contribution in [0.1, 0.15) is 16.7 Å². The van der Waals surface area contributed by atoms with Crippen LogP contribution in [-0.4, -0.2) is 7.11 Å². The van der Waals surface area contributed by atoms with Gasteiger partial charge in [0.25, 0.3) is 0 Å². The molecule has 0 unspecified atom stereocenters. The first-order valence-electron chi connectivity index (χ1n) is 7.04. The van der Waals surface area contributed by atoms with Crippen LogP contribution in [0.25, 0.3) is 6.08 Å². The summed E-state index contributed by atoms with van der Waals surface area (Å²) in [5.41, 5.74) is 2.98. The van der Waals surface area contributed by atoms with Crippen molar-refractivity contribution in [1.82, 2.24) is 0 Å². The Bertz CT molecular complexity index is 795. The Morgan fingerprint density at radius 2 is 1.87 bits per heavy atom. The van der Waals surface area contributed by atoms with Crippen molar-refractivity contribution < 1.29 is 9.47 Å². The third-order valence-corrected chi connectivity index (χ3v) is 3.22. The molecule has 0 bridgehead atoms. The van der Waals surface area contributed by atoms with Crippen LogP contribution in [0.2, 0.25) is 0 Å². The predicted octanol–water partition coefficient (Wildman–Crippen LogP) is 4.01. The van der Waals surface area contributed by atoms with Gasteiger partial charge in [-0.3, -0.25) is 0 Å². The van der Waals surface area contributed by atoms with Crippen LogP contribution < -0.4 is 9.47 Å². The van der Waals surface area contributed by atoms with Crippen LogP contribution in [0.3, 0.4) is 0 Å². The van der Waals surface area contributed by atoms with E-state index in [1.165, 1.54) is 11.6 Å². The smallest absolute Gasteiger partial charge is 0.162 e. The lowest BCUT2D eigenvalue weighted by Gasteiger charge is -2.12. The number of nitrogens with zero attached hydrogens (tertiary/aromatic N) is 2. The Kier molecular flexibility index (Phi) is 5.39. The third kappa shape index (κ3) is 4.36. The minimum absolute atomic E-state index is 0.0415. The highest BCUT2D eigenvalue weighted by Gasteiger charge is 2.06. The Morgan fingerprint density at radius 1 is 1.09 bits per heavy atom. The molecule has 2 aromatic rings. The second kappa shape index (κ2) is 7.68. The van der Waals surface area contributed by atoms with Crippen LogP contribution >= 0.6 is 0 Å². The molecule has 4 nitrogen and oxygen atoms in total. The Hall–Kier alpha value is -3.24. The van der Waals surface area contributed by atoms with Crippen molar-refractivity contribution >= 4 is 6.08 Å². The standard InChI is InChI=1S/C19H16N2O2/c1-14-4-3-5-16(8-14)13-23-19-10-15(6-7-18(19)22-2)9-17(11-20)12-21/h3-10H,13H2,1-2H3. The zero-order valence-corrected chi connectivity index (χ0v) is 13.0. The summed E-state index contributed by atoms with van der Waals surface area (Å²) in [4.78, 5) is 0. The molecule has 114 valence electrons. The van der Waals surface area contributed by atoms with E-state index in [0.29, 0.717) is 23.7 Å². The van der Waals surface area contributed by atoms with E-state index < -0.39 is 0 Å². The molecule has 0 aromatic heterocycles. The number of aryl methyl sites for hydroxylation is 1. The number of ether oxygens (including phenoxy) is 2. The zero-order chi connectivity index (χ0) is 16.7. The molecule has 0 fully saturated rings. The molecule has 4 heteroatoms. The van der Waals surface area contributed by atoms with Crippen molar-refractivity contribution in [2.75, 3.05) is 7.11 Å². The average molecular weight is 304 g/mol. The van der Waals surface area contributed by atoms with Gasteiger partial charge in [0.05, 0.1) is 7.11 Å². The van der Waals surface area contributed by atoms with Gasteiger partial charge >= 0.3 is 0 Å². The number of hydrogen-bond donors (Lipinski definition) is 0. The SMILES string of the molecule is COc1ccc(C=C(C#N)C#N)cc1OCc1cccc(C)c1. The topological polar surface area (TPSA) is 66.0 Å². The van der Waals surface area contributed by atoms with Gasteiger partial charge in [-0.2, -0.15) is 10.5 Å². The van der Waals surface area contributed by atoms with E-state index in [0.717, 1.165) is 5.56 Å². The summed E-state index contributed by atoms with van der Waals surface area (Å²) in [6.07, 6.45) is 1.51. The molecular formula is C19H16N2O2. The lowest BCUT2D eigenvalue weighted by Crippen LogP contribution is -1.98. The van der Waals surface area contributed by atoms with Crippen molar-refractivity contribution in [3.05, 3.63) is 64.7 Å². The monoisotopic (exact) mass is 304 g/mol. The normalized spacial score (nSPS) is 9.39. The molecule has 0 atom stereocenters. The Balaban J connectivity index is 2.24. The summed E-state index contributed by atoms with van der Waals surface area (Å²) in [6, 6.07) is 17.0. The molecule has 0 radical (unpaired) electrons. The van der Waals surface area contributed by atoms with Gasteiger partial charge in [0.2, 0.25) is 0 Å². The zero-order valence-electron chi connectivity index (χ0n) is 13.0. The minimum atomic E-state index is 0.0415. The maximum atomic E-state index is 8.84. The lowest BCUT2D eigenvalue weighted by atomic mass is 10.1. The van der Waals surface area contributed by atoms with Crippen LogP contribution in [0.5, 0.6) is 11.5 Å². The first-order valence-corrected chi connectivity index (χ1v) is 7.04. The summed E-state index contributed by atoms with van der Waals surface area (Å²) < 4.78 is 11.1. The molecule has 0 heterocycles. The van der Waals surface area contributed by atoms with E-state index in [9.17, 15) is 0 Å². The van der Waals surface area contributed by atoms with Crippen molar-refractivity contribution in [3.8, 4) is 23.6 Å². The van der Waals surface area contributed by atoms with Gasteiger partial charge in [0, 0.05) is 0 Å². The Morgan fingerprint density at radius 3 is 2.52 bits per heavy atom. The molecule has 2 rings (SSSR count). The largest absolute Gasteiger partial charge is 0.493 e. The molecular weight excluding hydrogens is 288 g/mol. The summed E-state index contributed by atoms with van der Waals surface area (Å²) in [5, 5.41) is 17.7. The molecule has 0 saturated carbocycles.